The van der Waals surface area contributed by atoms with E-state index in [0.29, 0.717) is 12.1 Å². The van der Waals surface area contributed by atoms with E-state index in [0.717, 1.165) is 39.3 Å². The van der Waals surface area contributed by atoms with Gasteiger partial charge in [0.25, 0.3) is 0 Å². The number of hydrogen-bond donors (Lipinski definition) is 4. The molecule has 0 aromatic carbocycles. The highest BCUT2D eigenvalue weighted by atomic mass is 15.0. The molecule has 2 atom stereocenters. The third-order valence-electron chi connectivity index (χ3n) is 2.49. The summed E-state index contributed by atoms with van der Waals surface area (Å²) in [6.07, 6.45) is 0. The van der Waals surface area contributed by atoms with Gasteiger partial charge in [-0.15, -0.1) is 0 Å². The molecule has 2 fully saturated rings. The predicted octanol–water partition coefficient (Wildman–Crippen LogP) is -0.865. The Kier molecular flexibility index (Phi) is 6.10. The topological polar surface area (TPSA) is 48.1 Å². The van der Waals surface area contributed by atoms with Crippen LogP contribution in [0.25, 0.3) is 0 Å². The van der Waals surface area contributed by atoms with Gasteiger partial charge in [0, 0.05) is 51.4 Å². The summed E-state index contributed by atoms with van der Waals surface area (Å²) in [6.45, 7) is 11.1. The average Bonchev–Trinajstić information content (AvgIpc) is 2.21. The van der Waals surface area contributed by atoms with Crippen LogP contribution in [0.3, 0.4) is 0 Å². The lowest BCUT2D eigenvalue weighted by atomic mass is 10.3. The molecule has 2 heterocycles. The highest BCUT2D eigenvalue weighted by Gasteiger charge is 2.03. The highest BCUT2D eigenvalue weighted by Crippen LogP contribution is 1.81. The molecule has 2 aliphatic rings. The van der Waals surface area contributed by atoms with Crippen LogP contribution in [0, 0.1) is 0 Å². The minimum absolute atomic E-state index is 0.675. The summed E-state index contributed by atoms with van der Waals surface area (Å²) in [5.74, 6) is 0. The van der Waals surface area contributed by atoms with E-state index in [1.807, 2.05) is 0 Å². The lowest BCUT2D eigenvalue weighted by Gasteiger charge is -2.19. The van der Waals surface area contributed by atoms with Gasteiger partial charge < -0.3 is 21.3 Å². The summed E-state index contributed by atoms with van der Waals surface area (Å²) in [5.41, 5.74) is 0. The minimum atomic E-state index is 0.675. The van der Waals surface area contributed by atoms with E-state index in [-0.39, 0.29) is 0 Å². The van der Waals surface area contributed by atoms with Crippen molar-refractivity contribution in [2.24, 2.45) is 0 Å². The SMILES string of the molecule is C[C@@H]1CNCCN1.C[C@@H]1CNCCN1. The molecule has 2 aliphatic heterocycles. The number of rotatable bonds is 0. The van der Waals surface area contributed by atoms with Gasteiger partial charge in [0.1, 0.15) is 0 Å². The lowest BCUT2D eigenvalue weighted by Crippen LogP contribution is -2.46. The van der Waals surface area contributed by atoms with Crippen LogP contribution in [0.5, 0.6) is 0 Å². The van der Waals surface area contributed by atoms with Crippen LogP contribution in [0.1, 0.15) is 13.8 Å². The van der Waals surface area contributed by atoms with Gasteiger partial charge in [-0.25, -0.2) is 0 Å². The first-order valence-electron chi connectivity index (χ1n) is 5.67. The summed E-state index contributed by atoms with van der Waals surface area (Å²) in [6, 6.07) is 1.35. The Balaban J connectivity index is 0.000000140. The van der Waals surface area contributed by atoms with Crippen LogP contribution < -0.4 is 21.3 Å². The van der Waals surface area contributed by atoms with E-state index in [1.165, 1.54) is 0 Å². The van der Waals surface area contributed by atoms with Crippen molar-refractivity contribution < 1.29 is 0 Å². The summed E-state index contributed by atoms with van der Waals surface area (Å²) in [4.78, 5) is 0. The van der Waals surface area contributed by atoms with Crippen LogP contribution in [0.2, 0.25) is 0 Å². The molecule has 0 unspecified atom stereocenters. The molecule has 84 valence electrons. The lowest BCUT2D eigenvalue weighted by molar-refractivity contribution is 0.442. The fraction of sp³-hybridized carbons (Fsp3) is 1.00. The summed E-state index contributed by atoms with van der Waals surface area (Å²) in [5, 5.41) is 13.2. The first kappa shape index (κ1) is 11.9. The molecule has 0 aliphatic carbocycles. The zero-order valence-corrected chi connectivity index (χ0v) is 9.40. The quantitative estimate of drug-likeness (QED) is 0.411. The summed E-state index contributed by atoms with van der Waals surface area (Å²) in [7, 11) is 0. The molecule has 0 bridgehead atoms. The van der Waals surface area contributed by atoms with Gasteiger partial charge in [-0.2, -0.15) is 0 Å². The molecule has 0 radical (unpaired) electrons. The van der Waals surface area contributed by atoms with Crippen molar-refractivity contribution in [1.82, 2.24) is 21.3 Å². The van der Waals surface area contributed by atoms with E-state index in [1.54, 1.807) is 0 Å². The molecular weight excluding hydrogens is 176 g/mol. The Labute approximate surface area is 87.2 Å². The van der Waals surface area contributed by atoms with Crippen molar-refractivity contribution in [3.8, 4) is 0 Å². The second kappa shape index (κ2) is 7.17. The zero-order chi connectivity index (χ0) is 10.2. The van der Waals surface area contributed by atoms with Crippen molar-refractivity contribution in [3.05, 3.63) is 0 Å². The number of piperazine rings is 2. The second-order valence-corrected chi connectivity index (χ2v) is 4.12. The maximum Gasteiger partial charge on any atom is 0.0164 e. The van der Waals surface area contributed by atoms with E-state index >= 15 is 0 Å². The maximum absolute atomic E-state index is 3.32. The first-order chi connectivity index (χ1) is 6.79. The van der Waals surface area contributed by atoms with Gasteiger partial charge in [0.2, 0.25) is 0 Å². The maximum atomic E-state index is 3.32. The van der Waals surface area contributed by atoms with Crippen LogP contribution >= 0.6 is 0 Å². The first-order valence-corrected chi connectivity index (χ1v) is 5.67. The number of nitrogens with one attached hydrogen (secondary N) is 4. The minimum Gasteiger partial charge on any atom is -0.314 e. The fourth-order valence-corrected chi connectivity index (χ4v) is 1.60. The van der Waals surface area contributed by atoms with Gasteiger partial charge in [-0.1, -0.05) is 0 Å². The van der Waals surface area contributed by atoms with Crippen molar-refractivity contribution in [2.45, 2.75) is 25.9 Å². The molecule has 4 nitrogen and oxygen atoms in total. The third-order valence-corrected chi connectivity index (χ3v) is 2.49. The molecule has 4 heteroatoms. The Morgan fingerprint density at radius 1 is 0.714 bits per heavy atom. The Morgan fingerprint density at radius 2 is 1.14 bits per heavy atom. The Morgan fingerprint density at radius 3 is 1.29 bits per heavy atom. The molecule has 0 aromatic rings. The van der Waals surface area contributed by atoms with Gasteiger partial charge in [0.15, 0.2) is 0 Å². The molecule has 0 saturated carbocycles. The predicted molar refractivity (Wildman–Crippen MR) is 60.7 cm³/mol. The zero-order valence-electron chi connectivity index (χ0n) is 9.40. The van der Waals surface area contributed by atoms with E-state index in [4.69, 9.17) is 0 Å². The highest BCUT2D eigenvalue weighted by molar-refractivity contribution is 4.70. The molecular formula is C10H24N4. The molecule has 2 saturated heterocycles. The molecule has 0 aromatic heterocycles. The average molecular weight is 200 g/mol. The largest absolute Gasteiger partial charge is 0.314 e. The van der Waals surface area contributed by atoms with Crippen LogP contribution in [0.4, 0.5) is 0 Å². The fourth-order valence-electron chi connectivity index (χ4n) is 1.60. The monoisotopic (exact) mass is 200 g/mol. The van der Waals surface area contributed by atoms with Crippen LogP contribution in [-0.2, 0) is 0 Å². The standard InChI is InChI=1S/2C5H12N2/c2*1-5-4-6-2-3-7-5/h2*5-7H,2-4H2,1H3/t2*5-/m11/s1. The smallest absolute Gasteiger partial charge is 0.0164 e. The molecule has 4 N–H and O–H groups in total. The summed E-state index contributed by atoms with van der Waals surface area (Å²) < 4.78 is 0. The van der Waals surface area contributed by atoms with Crippen LogP contribution in [-0.4, -0.2) is 51.4 Å². The Hall–Kier alpha value is -0.160. The van der Waals surface area contributed by atoms with Crippen molar-refractivity contribution in [3.63, 3.8) is 0 Å². The second-order valence-electron chi connectivity index (χ2n) is 4.12. The van der Waals surface area contributed by atoms with Gasteiger partial charge >= 0.3 is 0 Å². The molecule has 14 heavy (non-hydrogen) atoms. The Bertz CT molecular complexity index is 112. The van der Waals surface area contributed by atoms with Gasteiger partial charge in [0.05, 0.1) is 0 Å². The molecule has 0 amide bonds. The van der Waals surface area contributed by atoms with E-state index < -0.39 is 0 Å². The summed E-state index contributed by atoms with van der Waals surface area (Å²) >= 11 is 0. The van der Waals surface area contributed by atoms with Crippen molar-refractivity contribution in [1.29, 1.82) is 0 Å². The normalized spacial score (nSPS) is 33.0. The third kappa shape index (κ3) is 5.54. The van der Waals surface area contributed by atoms with Gasteiger partial charge in [-0.3, -0.25) is 0 Å². The van der Waals surface area contributed by atoms with Crippen molar-refractivity contribution >= 4 is 0 Å². The van der Waals surface area contributed by atoms with Gasteiger partial charge in [-0.05, 0) is 13.8 Å². The van der Waals surface area contributed by atoms with E-state index in [2.05, 4.69) is 35.1 Å². The van der Waals surface area contributed by atoms with E-state index in [9.17, 15) is 0 Å². The van der Waals surface area contributed by atoms with Crippen LogP contribution in [0.15, 0.2) is 0 Å². The molecule has 0 spiro atoms. The molecule has 2 rings (SSSR count). The van der Waals surface area contributed by atoms with Crippen molar-refractivity contribution in [2.75, 3.05) is 39.3 Å². The number of hydrogen-bond acceptors (Lipinski definition) is 4.